The molecule has 0 radical (unpaired) electrons. The number of nitrogens with zero attached hydrogens (tertiary/aromatic N) is 2. The molecular weight excluding hydrogens is 400 g/mol. The predicted octanol–water partition coefficient (Wildman–Crippen LogP) is 4.15. The van der Waals surface area contributed by atoms with E-state index >= 15 is 0 Å². The third-order valence-corrected chi connectivity index (χ3v) is 6.35. The highest BCUT2D eigenvalue weighted by molar-refractivity contribution is 6.08. The van der Waals surface area contributed by atoms with E-state index < -0.39 is 34.6 Å². The van der Waals surface area contributed by atoms with Crippen molar-refractivity contribution in [2.45, 2.75) is 24.8 Å². The molecule has 2 aromatic carbocycles. The van der Waals surface area contributed by atoms with Gasteiger partial charge in [-0.3, -0.25) is 14.6 Å². The number of para-hydroxylation sites is 1. The normalized spacial score (nSPS) is 22.0. The first-order valence-electron chi connectivity index (χ1n) is 10.0. The Kier molecular flexibility index (Phi) is 4.36. The molecule has 1 N–H and O–H groups in total. The van der Waals surface area contributed by atoms with E-state index in [4.69, 9.17) is 0 Å². The molecule has 1 saturated heterocycles. The SMILES string of the molecule is Cc1ccc(F)c(C(=O)N2CCC3(C(=O)Nc4ccccc43)C2c2cccnc2)c1F. The van der Waals surface area contributed by atoms with Crippen LogP contribution < -0.4 is 5.32 Å². The fraction of sp³-hybridized carbons (Fsp3) is 0.208. The number of carbonyl (C=O) groups is 2. The molecule has 7 heteroatoms. The molecule has 2 amide bonds. The molecule has 31 heavy (non-hydrogen) atoms. The minimum Gasteiger partial charge on any atom is -0.330 e. The van der Waals surface area contributed by atoms with Gasteiger partial charge >= 0.3 is 0 Å². The third kappa shape index (κ3) is 2.69. The Morgan fingerprint density at radius 1 is 1.16 bits per heavy atom. The minimum atomic E-state index is -1.06. The molecule has 2 unspecified atom stereocenters. The van der Waals surface area contributed by atoms with Crippen LogP contribution in [-0.4, -0.2) is 28.2 Å². The number of hydrogen-bond donors (Lipinski definition) is 1. The van der Waals surface area contributed by atoms with Gasteiger partial charge in [0.1, 0.15) is 22.6 Å². The number of amides is 2. The van der Waals surface area contributed by atoms with Crippen LogP contribution in [0.4, 0.5) is 14.5 Å². The average molecular weight is 419 g/mol. The van der Waals surface area contributed by atoms with E-state index in [1.165, 1.54) is 17.9 Å². The summed E-state index contributed by atoms with van der Waals surface area (Å²) >= 11 is 0. The fourth-order valence-corrected chi connectivity index (χ4v) is 4.90. The topological polar surface area (TPSA) is 62.3 Å². The lowest BCUT2D eigenvalue weighted by Gasteiger charge is -2.34. The van der Waals surface area contributed by atoms with Crippen molar-refractivity contribution in [3.63, 3.8) is 0 Å². The first-order valence-corrected chi connectivity index (χ1v) is 10.0. The van der Waals surface area contributed by atoms with Crippen molar-refractivity contribution in [2.24, 2.45) is 0 Å². The van der Waals surface area contributed by atoms with Crippen LogP contribution in [0.3, 0.4) is 0 Å². The molecule has 156 valence electrons. The largest absolute Gasteiger partial charge is 0.330 e. The molecule has 1 aromatic heterocycles. The van der Waals surface area contributed by atoms with Crippen molar-refractivity contribution in [1.29, 1.82) is 0 Å². The summed E-state index contributed by atoms with van der Waals surface area (Å²) in [6, 6.07) is 12.5. The number of aryl methyl sites for hydroxylation is 1. The summed E-state index contributed by atoms with van der Waals surface area (Å²) in [5, 5.41) is 2.92. The number of pyridine rings is 1. The Morgan fingerprint density at radius 3 is 2.74 bits per heavy atom. The van der Waals surface area contributed by atoms with Crippen LogP contribution in [0.1, 0.15) is 39.5 Å². The highest BCUT2D eigenvalue weighted by Gasteiger charge is 2.59. The molecular formula is C24H19F2N3O2. The summed E-state index contributed by atoms with van der Waals surface area (Å²) in [4.78, 5) is 32.4. The van der Waals surface area contributed by atoms with Gasteiger partial charge in [-0.15, -0.1) is 0 Å². The average Bonchev–Trinajstić information content (AvgIpc) is 3.31. The molecule has 1 spiro atoms. The van der Waals surface area contributed by atoms with Crippen LogP contribution in [0.15, 0.2) is 60.9 Å². The Bertz CT molecular complexity index is 1210. The highest BCUT2D eigenvalue weighted by Crippen LogP contribution is 2.54. The third-order valence-electron chi connectivity index (χ3n) is 6.35. The number of halogens is 2. The van der Waals surface area contributed by atoms with E-state index in [1.807, 2.05) is 24.3 Å². The standard InChI is InChI=1S/C24H19F2N3O2/c1-14-8-9-17(25)19(20(14)26)22(30)29-12-10-24(21(29)15-5-4-11-27-13-15)16-6-2-3-7-18(16)28-23(24)31/h2-9,11,13,21H,10,12H2,1H3,(H,28,31). The molecule has 0 bridgehead atoms. The minimum absolute atomic E-state index is 0.174. The zero-order valence-electron chi connectivity index (χ0n) is 16.7. The van der Waals surface area contributed by atoms with Gasteiger partial charge in [-0.1, -0.05) is 30.3 Å². The van der Waals surface area contributed by atoms with E-state index in [-0.39, 0.29) is 18.0 Å². The molecule has 3 aromatic rings. The van der Waals surface area contributed by atoms with Crippen LogP contribution >= 0.6 is 0 Å². The quantitative estimate of drug-likeness (QED) is 0.679. The molecule has 2 aliphatic rings. The maximum atomic E-state index is 14.8. The number of fused-ring (bicyclic) bond motifs is 2. The zero-order valence-corrected chi connectivity index (χ0v) is 16.7. The summed E-state index contributed by atoms with van der Waals surface area (Å²) in [5.74, 6) is -2.81. The predicted molar refractivity (Wildman–Crippen MR) is 110 cm³/mol. The van der Waals surface area contributed by atoms with Crippen molar-refractivity contribution >= 4 is 17.5 Å². The van der Waals surface area contributed by atoms with Gasteiger partial charge in [-0.05, 0) is 48.2 Å². The van der Waals surface area contributed by atoms with Gasteiger partial charge in [0.05, 0.1) is 6.04 Å². The summed E-state index contributed by atoms with van der Waals surface area (Å²) in [6.45, 7) is 1.66. The Labute approximate surface area is 177 Å². The summed E-state index contributed by atoms with van der Waals surface area (Å²) in [6.07, 6.45) is 3.52. The molecule has 2 atom stereocenters. The molecule has 0 aliphatic carbocycles. The van der Waals surface area contributed by atoms with Crippen LogP contribution in [0.5, 0.6) is 0 Å². The zero-order chi connectivity index (χ0) is 21.8. The summed E-state index contributed by atoms with van der Waals surface area (Å²) in [5.41, 5.74) is 0.608. The maximum Gasteiger partial charge on any atom is 0.260 e. The summed E-state index contributed by atoms with van der Waals surface area (Å²) < 4.78 is 29.4. The molecule has 3 heterocycles. The van der Waals surface area contributed by atoms with Gasteiger partial charge in [0.25, 0.3) is 5.91 Å². The lowest BCUT2D eigenvalue weighted by molar-refractivity contribution is -0.121. The van der Waals surface area contributed by atoms with E-state index in [0.717, 1.165) is 11.6 Å². The van der Waals surface area contributed by atoms with Gasteiger partial charge < -0.3 is 10.2 Å². The number of anilines is 1. The Morgan fingerprint density at radius 2 is 1.97 bits per heavy atom. The second kappa shape index (κ2) is 6.97. The van der Waals surface area contributed by atoms with Crippen molar-refractivity contribution in [3.8, 4) is 0 Å². The lowest BCUT2D eigenvalue weighted by atomic mass is 9.73. The number of nitrogens with one attached hydrogen (secondary N) is 1. The van der Waals surface area contributed by atoms with E-state index in [9.17, 15) is 18.4 Å². The van der Waals surface area contributed by atoms with Gasteiger partial charge in [-0.25, -0.2) is 8.78 Å². The van der Waals surface area contributed by atoms with Crippen molar-refractivity contribution in [3.05, 3.63) is 94.8 Å². The second-order valence-corrected chi connectivity index (χ2v) is 7.96. The van der Waals surface area contributed by atoms with Crippen molar-refractivity contribution in [1.82, 2.24) is 9.88 Å². The second-order valence-electron chi connectivity index (χ2n) is 7.96. The molecule has 1 fully saturated rings. The molecule has 5 rings (SSSR count). The molecule has 2 aliphatic heterocycles. The Hall–Kier alpha value is -3.61. The monoisotopic (exact) mass is 419 g/mol. The number of benzene rings is 2. The fourth-order valence-electron chi connectivity index (χ4n) is 4.90. The highest BCUT2D eigenvalue weighted by atomic mass is 19.1. The van der Waals surface area contributed by atoms with E-state index in [1.54, 1.807) is 24.5 Å². The number of aromatic nitrogens is 1. The van der Waals surface area contributed by atoms with Gasteiger partial charge in [-0.2, -0.15) is 0 Å². The van der Waals surface area contributed by atoms with E-state index in [2.05, 4.69) is 10.3 Å². The Balaban J connectivity index is 1.69. The van der Waals surface area contributed by atoms with Gasteiger partial charge in [0.2, 0.25) is 5.91 Å². The first-order chi connectivity index (χ1) is 14.9. The van der Waals surface area contributed by atoms with Crippen molar-refractivity contribution < 1.29 is 18.4 Å². The maximum absolute atomic E-state index is 14.8. The molecule has 5 nitrogen and oxygen atoms in total. The van der Waals surface area contributed by atoms with Gasteiger partial charge in [0, 0.05) is 24.6 Å². The molecule has 0 saturated carbocycles. The first kappa shape index (κ1) is 19.4. The smallest absolute Gasteiger partial charge is 0.260 e. The van der Waals surface area contributed by atoms with E-state index in [0.29, 0.717) is 17.7 Å². The number of rotatable bonds is 2. The van der Waals surface area contributed by atoms with Crippen LogP contribution in [0.2, 0.25) is 0 Å². The van der Waals surface area contributed by atoms with Gasteiger partial charge in [0.15, 0.2) is 0 Å². The number of hydrogen-bond acceptors (Lipinski definition) is 3. The van der Waals surface area contributed by atoms with Crippen LogP contribution in [0.25, 0.3) is 0 Å². The van der Waals surface area contributed by atoms with Crippen molar-refractivity contribution in [2.75, 3.05) is 11.9 Å². The van der Waals surface area contributed by atoms with Crippen LogP contribution in [0, 0.1) is 18.6 Å². The summed E-state index contributed by atoms with van der Waals surface area (Å²) in [7, 11) is 0. The number of carbonyl (C=O) groups excluding carboxylic acids is 2. The number of likely N-dealkylation sites (tertiary alicyclic amines) is 1. The van der Waals surface area contributed by atoms with Crippen LogP contribution in [-0.2, 0) is 10.2 Å². The lowest BCUT2D eigenvalue weighted by Crippen LogP contribution is -2.43.